The fourth-order valence-corrected chi connectivity index (χ4v) is 5.74. The number of aromatic nitrogens is 1. The number of hydrogen-bond donors (Lipinski definition) is 1. The molecule has 4 aromatic rings. The van der Waals surface area contributed by atoms with Crippen LogP contribution in [0, 0.1) is 6.92 Å². The van der Waals surface area contributed by atoms with Crippen molar-refractivity contribution in [1.29, 1.82) is 0 Å². The van der Waals surface area contributed by atoms with Crippen LogP contribution >= 0.6 is 11.3 Å². The van der Waals surface area contributed by atoms with E-state index in [-0.39, 0.29) is 27.9 Å². The molecule has 10 nitrogen and oxygen atoms in total. The first-order valence-electron chi connectivity index (χ1n) is 13.5. The summed E-state index contributed by atoms with van der Waals surface area (Å²) in [5.74, 6) is -1.96. The van der Waals surface area contributed by atoms with Crippen molar-refractivity contribution in [2.24, 2.45) is 0 Å². The number of anilines is 1. The molecular formula is C31H30N2O8S. The van der Waals surface area contributed by atoms with Crippen LogP contribution < -0.4 is 14.4 Å². The molecule has 0 spiro atoms. The number of Topliss-reactive ketones (excluding diaryl/α,β-unsaturated/α-hetero) is 1. The van der Waals surface area contributed by atoms with Crippen LogP contribution in [-0.4, -0.2) is 48.1 Å². The van der Waals surface area contributed by atoms with Crippen LogP contribution in [0.5, 0.6) is 11.5 Å². The van der Waals surface area contributed by atoms with Gasteiger partial charge < -0.3 is 23.7 Å². The lowest BCUT2D eigenvalue weighted by atomic mass is 9.95. The fourth-order valence-electron chi connectivity index (χ4n) is 4.75. The number of carbonyl (C=O) groups is 3. The standard InChI is InChI=1S/C31H30N2O8S/c1-5-7-14-40-21-13-12-19(16-22(21)38-4)25-24(26(34)23-15-18-10-8-9-11-20(18)41-23)27(35)29(36)33(25)31-32-17(3)28(42-31)30(37)39-6-2/h8-13,15-16,25,35H,5-7,14H2,1-4H3. The van der Waals surface area contributed by atoms with Gasteiger partial charge in [0.25, 0.3) is 5.91 Å². The van der Waals surface area contributed by atoms with Crippen molar-refractivity contribution in [2.45, 2.75) is 39.7 Å². The van der Waals surface area contributed by atoms with Crippen LogP contribution in [-0.2, 0) is 9.53 Å². The van der Waals surface area contributed by atoms with E-state index in [1.54, 1.807) is 56.3 Å². The van der Waals surface area contributed by atoms with Gasteiger partial charge in [-0.15, -0.1) is 0 Å². The normalized spacial score (nSPS) is 15.0. The molecule has 0 bridgehead atoms. The van der Waals surface area contributed by atoms with Gasteiger partial charge in [0.1, 0.15) is 10.5 Å². The maximum absolute atomic E-state index is 14.0. The highest BCUT2D eigenvalue weighted by Crippen LogP contribution is 2.45. The van der Waals surface area contributed by atoms with E-state index < -0.39 is 29.5 Å². The highest BCUT2D eigenvalue weighted by molar-refractivity contribution is 7.17. The maximum Gasteiger partial charge on any atom is 0.350 e. The summed E-state index contributed by atoms with van der Waals surface area (Å²) >= 11 is 0.940. The van der Waals surface area contributed by atoms with Gasteiger partial charge in [0.05, 0.1) is 37.6 Å². The van der Waals surface area contributed by atoms with E-state index >= 15 is 0 Å². The van der Waals surface area contributed by atoms with E-state index in [4.69, 9.17) is 18.6 Å². The lowest BCUT2D eigenvalue weighted by molar-refractivity contribution is -0.117. The molecule has 11 heteroatoms. The molecule has 0 saturated heterocycles. The molecule has 0 aliphatic carbocycles. The molecule has 1 aliphatic heterocycles. The van der Waals surface area contributed by atoms with Crippen molar-refractivity contribution >= 4 is 45.1 Å². The first kappa shape index (κ1) is 28.9. The molecule has 42 heavy (non-hydrogen) atoms. The Hall–Kier alpha value is -4.64. The Morgan fingerprint density at radius 1 is 1.12 bits per heavy atom. The molecule has 5 rings (SSSR count). The predicted molar refractivity (Wildman–Crippen MR) is 157 cm³/mol. The number of para-hydroxylation sites is 1. The monoisotopic (exact) mass is 590 g/mol. The number of amides is 1. The summed E-state index contributed by atoms with van der Waals surface area (Å²) in [6, 6.07) is 12.6. The van der Waals surface area contributed by atoms with Gasteiger partial charge in [0, 0.05) is 5.39 Å². The Morgan fingerprint density at radius 2 is 1.90 bits per heavy atom. The number of aryl methyl sites for hydroxylation is 1. The zero-order valence-electron chi connectivity index (χ0n) is 23.6. The number of benzene rings is 2. The van der Waals surface area contributed by atoms with Crippen molar-refractivity contribution in [3.05, 3.63) is 81.8 Å². The first-order valence-corrected chi connectivity index (χ1v) is 14.4. The lowest BCUT2D eigenvalue weighted by Crippen LogP contribution is -2.31. The number of hydrogen-bond acceptors (Lipinski definition) is 10. The first-order chi connectivity index (χ1) is 20.3. The summed E-state index contributed by atoms with van der Waals surface area (Å²) in [4.78, 5) is 46.0. The SMILES string of the molecule is CCCCOc1ccc(C2C(C(=O)c3cc4ccccc4o3)=C(O)C(=O)N2c2nc(C)c(C(=O)OCC)s2)cc1OC. The van der Waals surface area contributed by atoms with Crippen LogP contribution in [0.3, 0.4) is 0 Å². The molecule has 2 aromatic carbocycles. The van der Waals surface area contributed by atoms with Gasteiger partial charge >= 0.3 is 5.97 Å². The average Bonchev–Trinajstić information content (AvgIpc) is 3.67. The van der Waals surface area contributed by atoms with Gasteiger partial charge in [-0.2, -0.15) is 0 Å². The lowest BCUT2D eigenvalue weighted by Gasteiger charge is -2.25. The fraction of sp³-hybridized carbons (Fsp3) is 0.290. The number of ether oxygens (including phenoxy) is 3. The number of carbonyl (C=O) groups excluding carboxylic acids is 3. The number of aliphatic hydroxyl groups excluding tert-OH is 1. The zero-order valence-corrected chi connectivity index (χ0v) is 24.4. The van der Waals surface area contributed by atoms with Gasteiger partial charge in [0.2, 0.25) is 5.78 Å². The summed E-state index contributed by atoms with van der Waals surface area (Å²) in [5.41, 5.74) is 1.11. The quantitative estimate of drug-likeness (QED) is 0.121. The van der Waals surface area contributed by atoms with Gasteiger partial charge in [0.15, 0.2) is 28.1 Å². The summed E-state index contributed by atoms with van der Waals surface area (Å²) in [6.45, 7) is 6.03. The number of furan rings is 1. The van der Waals surface area contributed by atoms with Crippen molar-refractivity contribution in [3.8, 4) is 11.5 Å². The Labute approximate surface area is 246 Å². The number of aliphatic hydroxyl groups is 1. The number of methoxy groups -OCH3 is 1. The number of ketones is 1. The third-order valence-corrected chi connectivity index (χ3v) is 7.95. The Balaban J connectivity index is 1.63. The topological polar surface area (TPSA) is 128 Å². The molecule has 0 saturated carbocycles. The molecule has 1 aliphatic rings. The average molecular weight is 591 g/mol. The molecule has 0 radical (unpaired) electrons. The highest BCUT2D eigenvalue weighted by Gasteiger charge is 2.47. The highest BCUT2D eigenvalue weighted by atomic mass is 32.1. The molecular weight excluding hydrogens is 560 g/mol. The van der Waals surface area contributed by atoms with E-state index in [2.05, 4.69) is 11.9 Å². The van der Waals surface area contributed by atoms with E-state index in [0.29, 0.717) is 40.3 Å². The summed E-state index contributed by atoms with van der Waals surface area (Å²) in [7, 11) is 1.49. The molecule has 1 N–H and O–H groups in total. The molecule has 1 unspecified atom stereocenters. The van der Waals surface area contributed by atoms with E-state index in [1.165, 1.54) is 12.0 Å². The van der Waals surface area contributed by atoms with Gasteiger partial charge in [-0.1, -0.05) is 48.9 Å². The minimum Gasteiger partial charge on any atom is -0.503 e. The molecule has 1 atom stereocenters. The minimum atomic E-state index is -1.11. The number of unbranched alkanes of at least 4 members (excludes halogenated alkanes) is 1. The van der Waals surface area contributed by atoms with E-state index in [9.17, 15) is 19.5 Å². The third-order valence-electron chi connectivity index (χ3n) is 6.81. The van der Waals surface area contributed by atoms with Gasteiger partial charge in [-0.3, -0.25) is 14.5 Å². The van der Waals surface area contributed by atoms with Gasteiger partial charge in [-0.05, 0) is 50.1 Å². The molecule has 1 amide bonds. The molecule has 218 valence electrons. The summed E-state index contributed by atoms with van der Waals surface area (Å²) in [5, 5.41) is 12.0. The van der Waals surface area contributed by atoms with Crippen LogP contribution in [0.4, 0.5) is 5.13 Å². The summed E-state index contributed by atoms with van der Waals surface area (Å²) in [6.07, 6.45) is 1.81. The van der Waals surface area contributed by atoms with Gasteiger partial charge in [-0.25, -0.2) is 9.78 Å². The van der Waals surface area contributed by atoms with Crippen molar-refractivity contribution in [3.63, 3.8) is 0 Å². The number of thiazole rings is 1. The van der Waals surface area contributed by atoms with Crippen molar-refractivity contribution < 1.29 is 38.1 Å². The van der Waals surface area contributed by atoms with E-state index in [0.717, 1.165) is 24.2 Å². The van der Waals surface area contributed by atoms with Crippen LogP contribution in [0.1, 0.15) is 64.2 Å². The third kappa shape index (κ3) is 5.23. The number of nitrogens with zero attached hydrogens (tertiary/aromatic N) is 2. The smallest absolute Gasteiger partial charge is 0.350 e. The van der Waals surface area contributed by atoms with Crippen molar-refractivity contribution in [1.82, 2.24) is 4.98 Å². The van der Waals surface area contributed by atoms with Crippen LogP contribution in [0.15, 0.2) is 64.3 Å². The molecule has 2 aromatic heterocycles. The Kier molecular flexibility index (Phi) is 8.30. The van der Waals surface area contributed by atoms with E-state index in [1.807, 2.05) is 6.07 Å². The maximum atomic E-state index is 14.0. The number of rotatable bonds is 11. The Bertz CT molecular complexity index is 1670. The van der Waals surface area contributed by atoms with Crippen LogP contribution in [0.2, 0.25) is 0 Å². The summed E-state index contributed by atoms with van der Waals surface area (Å²) < 4.78 is 22.4. The molecule has 0 fully saturated rings. The second-order valence-electron chi connectivity index (χ2n) is 9.56. The van der Waals surface area contributed by atoms with Crippen molar-refractivity contribution in [2.75, 3.05) is 25.2 Å². The largest absolute Gasteiger partial charge is 0.503 e. The second kappa shape index (κ2) is 12.1. The number of esters is 1. The Morgan fingerprint density at radius 3 is 2.62 bits per heavy atom. The predicted octanol–water partition coefficient (Wildman–Crippen LogP) is 6.34. The van der Waals surface area contributed by atoms with Crippen LogP contribution in [0.25, 0.3) is 11.0 Å². The zero-order chi connectivity index (χ0) is 30.0. The number of fused-ring (bicyclic) bond motifs is 1. The second-order valence-corrected chi connectivity index (χ2v) is 10.5. The molecule has 3 heterocycles. The minimum absolute atomic E-state index is 0.0357.